The molecule has 0 atom stereocenters. The molecule has 2 fully saturated rings. The van der Waals surface area contributed by atoms with Gasteiger partial charge in [-0.1, -0.05) is 0 Å². The summed E-state index contributed by atoms with van der Waals surface area (Å²) in [5.74, 6) is 0. The lowest BCUT2D eigenvalue weighted by molar-refractivity contribution is -0.384. The molecule has 2 heterocycles. The summed E-state index contributed by atoms with van der Waals surface area (Å²) < 4.78 is 16.3. The van der Waals surface area contributed by atoms with E-state index in [9.17, 15) is 14.7 Å². The molecular formula is C11H14N5O3P. The first-order valence-corrected chi connectivity index (χ1v) is 7.86. The summed E-state index contributed by atoms with van der Waals surface area (Å²) in [6.07, 6.45) is 1.52. The number of hydrazone groups is 1. The van der Waals surface area contributed by atoms with Crippen LogP contribution in [0.2, 0.25) is 0 Å². The lowest BCUT2D eigenvalue weighted by Crippen LogP contribution is -2.16. The fourth-order valence-corrected chi connectivity index (χ4v) is 3.88. The number of non-ortho nitro benzene ring substituents is 1. The van der Waals surface area contributed by atoms with E-state index < -0.39 is 12.5 Å². The van der Waals surface area contributed by atoms with Gasteiger partial charge in [0.2, 0.25) is 0 Å². The predicted octanol–water partition coefficient (Wildman–Crippen LogP) is 1.26. The van der Waals surface area contributed by atoms with Gasteiger partial charge in [0.25, 0.3) is 5.69 Å². The van der Waals surface area contributed by atoms with Crippen molar-refractivity contribution in [3.8, 4) is 0 Å². The first-order chi connectivity index (χ1) is 9.59. The van der Waals surface area contributed by atoms with Crippen LogP contribution in [0, 0.1) is 10.1 Å². The summed E-state index contributed by atoms with van der Waals surface area (Å²) in [7, 11) is -2.69. The summed E-state index contributed by atoms with van der Waals surface area (Å²) >= 11 is 0. The van der Waals surface area contributed by atoms with Crippen molar-refractivity contribution < 1.29 is 9.49 Å². The van der Waals surface area contributed by atoms with Crippen LogP contribution in [0.1, 0.15) is 5.56 Å². The van der Waals surface area contributed by atoms with Gasteiger partial charge < -0.3 is 0 Å². The summed E-state index contributed by atoms with van der Waals surface area (Å²) in [5.41, 5.74) is 0.750. The number of nitrogens with zero attached hydrogens (tertiary/aromatic N) is 4. The number of rotatable bonds is 6. The molecule has 106 valence electrons. The van der Waals surface area contributed by atoms with E-state index in [2.05, 4.69) is 10.3 Å². The van der Waals surface area contributed by atoms with Crippen molar-refractivity contribution in [1.82, 2.24) is 14.5 Å². The highest BCUT2D eigenvalue weighted by molar-refractivity contribution is 7.57. The zero-order valence-corrected chi connectivity index (χ0v) is 11.6. The van der Waals surface area contributed by atoms with Gasteiger partial charge in [-0.25, -0.2) is 14.5 Å². The highest BCUT2D eigenvalue weighted by atomic mass is 31.2. The minimum atomic E-state index is -2.69. The SMILES string of the molecule is O=[N+]([O-])c1ccc(/C=N\NP(=O)(N2CC2)N2CC2)cc1. The van der Waals surface area contributed by atoms with Crippen molar-refractivity contribution in [2.45, 2.75) is 0 Å². The maximum absolute atomic E-state index is 12.6. The van der Waals surface area contributed by atoms with Crippen molar-refractivity contribution in [3.05, 3.63) is 39.9 Å². The molecule has 0 spiro atoms. The maximum Gasteiger partial charge on any atom is 0.324 e. The molecule has 9 heteroatoms. The number of hydrogen-bond donors (Lipinski definition) is 1. The molecule has 8 nitrogen and oxygen atoms in total. The molecule has 2 aliphatic rings. The lowest BCUT2D eigenvalue weighted by Gasteiger charge is -2.18. The van der Waals surface area contributed by atoms with E-state index in [-0.39, 0.29) is 5.69 Å². The molecule has 0 radical (unpaired) electrons. The van der Waals surface area contributed by atoms with E-state index in [4.69, 9.17) is 0 Å². The molecule has 0 unspecified atom stereocenters. The normalized spacial score (nSPS) is 19.2. The topological polar surface area (TPSA) is 90.6 Å². The van der Waals surface area contributed by atoms with Gasteiger partial charge in [0.05, 0.1) is 11.1 Å². The Morgan fingerprint density at radius 2 is 1.75 bits per heavy atom. The molecule has 0 aliphatic carbocycles. The highest BCUT2D eigenvalue weighted by Crippen LogP contribution is 2.56. The summed E-state index contributed by atoms with van der Waals surface area (Å²) in [4.78, 5) is 10.1. The van der Waals surface area contributed by atoms with Gasteiger partial charge in [0.15, 0.2) is 0 Å². The van der Waals surface area contributed by atoms with E-state index in [0.717, 1.165) is 26.2 Å². The van der Waals surface area contributed by atoms with Crippen LogP contribution in [-0.2, 0) is 4.57 Å². The van der Waals surface area contributed by atoms with Crippen molar-refractivity contribution in [1.29, 1.82) is 0 Å². The Hall–Kier alpha value is -1.76. The number of nitrogens with one attached hydrogen (secondary N) is 1. The van der Waals surface area contributed by atoms with Crippen LogP contribution in [0.25, 0.3) is 0 Å². The molecule has 1 aromatic carbocycles. The number of nitro groups is 1. The van der Waals surface area contributed by atoms with Crippen LogP contribution in [0.15, 0.2) is 29.4 Å². The fraction of sp³-hybridized carbons (Fsp3) is 0.364. The number of nitro benzene ring substituents is 1. The quantitative estimate of drug-likeness (QED) is 0.279. The van der Waals surface area contributed by atoms with Gasteiger partial charge in [-0.15, -0.1) is 0 Å². The third kappa shape index (κ3) is 2.72. The van der Waals surface area contributed by atoms with Gasteiger partial charge in [-0.05, 0) is 17.7 Å². The number of benzene rings is 1. The van der Waals surface area contributed by atoms with Crippen LogP contribution >= 0.6 is 7.59 Å². The smallest absolute Gasteiger partial charge is 0.262 e. The monoisotopic (exact) mass is 295 g/mol. The Bertz CT molecular complexity index is 579. The molecule has 0 bridgehead atoms. The molecule has 0 saturated carbocycles. The maximum atomic E-state index is 12.6. The second-order valence-electron chi connectivity index (χ2n) is 4.66. The van der Waals surface area contributed by atoms with Gasteiger partial charge in [-0.3, -0.25) is 14.7 Å². The first kappa shape index (κ1) is 13.2. The minimum absolute atomic E-state index is 0.0361. The zero-order chi connectivity index (χ0) is 14.2. The van der Waals surface area contributed by atoms with Crippen molar-refractivity contribution in [3.63, 3.8) is 0 Å². The van der Waals surface area contributed by atoms with Gasteiger partial charge >= 0.3 is 7.59 Å². The minimum Gasteiger partial charge on any atom is -0.262 e. The summed E-state index contributed by atoms with van der Waals surface area (Å²) in [6, 6.07) is 6.03. The van der Waals surface area contributed by atoms with Crippen molar-refractivity contribution in [2.75, 3.05) is 26.2 Å². The van der Waals surface area contributed by atoms with Crippen LogP contribution < -0.4 is 5.20 Å². The van der Waals surface area contributed by atoms with E-state index in [0.29, 0.717) is 5.56 Å². The number of hydrogen-bond acceptors (Lipinski definition) is 4. The van der Waals surface area contributed by atoms with Crippen molar-refractivity contribution >= 4 is 19.5 Å². The van der Waals surface area contributed by atoms with E-state index in [1.54, 1.807) is 12.1 Å². The molecule has 2 aliphatic heterocycles. The Balaban J connectivity index is 1.65. The molecule has 20 heavy (non-hydrogen) atoms. The zero-order valence-electron chi connectivity index (χ0n) is 10.7. The van der Waals surface area contributed by atoms with Crippen LogP contribution in [0.5, 0.6) is 0 Å². The lowest BCUT2D eigenvalue weighted by atomic mass is 10.2. The van der Waals surface area contributed by atoms with Crippen molar-refractivity contribution in [2.24, 2.45) is 5.10 Å². The fourth-order valence-electron chi connectivity index (χ4n) is 1.80. The third-order valence-corrected chi connectivity index (χ3v) is 5.83. The van der Waals surface area contributed by atoms with E-state index in [1.165, 1.54) is 18.3 Å². The molecule has 2 saturated heterocycles. The first-order valence-electron chi connectivity index (χ1n) is 6.25. The van der Waals surface area contributed by atoms with E-state index in [1.807, 2.05) is 9.34 Å². The summed E-state index contributed by atoms with van der Waals surface area (Å²) in [6.45, 7) is 3.31. The average Bonchev–Trinajstić information content (AvgIpc) is 3.31. The van der Waals surface area contributed by atoms with Gasteiger partial charge in [0, 0.05) is 38.3 Å². The second-order valence-corrected chi connectivity index (χ2v) is 7.08. The molecule has 0 amide bonds. The Morgan fingerprint density at radius 1 is 1.20 bits per heavy atom. The molecule has 1 N–H and O–H groups in total. The second kappa shape index (κ2) is 4.97. The highest BCUT2D eigenvalue weighted by Gasteiger charge is 2.48. The summed E-state index contributed by atoms with van der Waals surface area (Å²) in [5, 5.41) is 17.3. The standard InChI is InChI=1S/C11H14N5O3P/c17-16(18)11-3-1-10(2-4-11)9-12-13-20(19,14-5-6-14)15-7-8-15/h1-4,9H,5-8H2,(H,13,19)/b12-9-. The van der Waals surface area contributed by atoms with Gasteiger partial charge in [0.1, 0.15) is 0 Å². The van der Waals surface area contributed by atoms with Crippen LogP contribution in [0.4, 0.5) is 5.69 Å². The molecule has 0 aromatic heterocycles. The average molecular weight is 295 g/mol. The predicted molar refractivity (Wildman–Crippen MR) is 74.6 cm³/mol. The van der Waals surface area contributed by atoms with Gasteiger partial charge in [-0.2, -0.15) is 5.10 Å². The largest absolute Gasteiger partial charge is 0.324 e. The molecular weight excluding hydrogens is 281 g/mol. The van der Waals surface area contributed by atoms with Crippen LogP contribution in [0.3, 0.4) is 0 Å². The Morgan fingerprint density at radius 3 is 2.20 bits per heavy atom. The van der Waals surface area contributed by atoms with Crippen LogP contribution in [-0.4, -0.2) is 46.7 Å². The van der Waals surface area contributed by atoms with E-state index >= 15 is 0 Å². The third-order valence-electron chi connectivity index (χ3n) is 3.12. The Labute approximate surface area is 115 Å². The molecule has 1 aromatic rings. The molecule has 3 rings (SSSR count). The Kier molecular flexibility index (Phi) is 3.29.